The van der Waals surface area contributed by atoms with Crippen LogP contribution in [-0.2, 0) is 6.42 Å². The van der Waals surface area contributed by atoms with Crippen LogP contribution in [0.2, 0.25) is 5.02 Å². The first-order valence-electron chi connectivity index (χ1n) is 10.2. The van der Waals surface area contributed by atoms with Crippen molar-refractivity contribution in [3.63, 3.8) is 0 Å². The van der Waals surface area contributed by atoms with Crippen LogP contribution in [0.3, 0.4) is 0 Å². The lowest BCUT2D eigenvalue weighted by atomic mass is 10.1. The Morgan fingerprint density at radius 1 is 1.13 bits per heavy atom. The monoisotopic (exact) mass is 435 g/mol. The third kappa shape index (κ3) is 4.08. The molecule has 0 amide bonds. The van der Waals surface area contributed by atoms with E-state index in [0.29, 0.717) is 29.2 Å². The highest BCUT2D eigenvalue weighted by Crippen LogP contribution is 2.40. The van der Waals surface area contributed by atoms with Gasteiger partial charge in [0, 0.05) is 41.0 Å². The number of hydrogen-bond acceptors (Lipinski definition) is 7. The third-order valence-electron chi connectivity index (χ3n) is 5.43. The van der Waals surface area contributed by atoms with Gasteiger partial charge < -0.3 is 9.09 Å². The summed E-state index contributed by atoms with van der Waals surface area (Å²) in [6, 6.07) is 11.7. The predicted molar refractivity (Wildman–Crippen MR) is 116 cm³/mol. The highest BCUT2D eigenvalue weighted by atomic mass is 35.5. The van der Waals surface area contributed by atoms with Crippen LogP contribution in [0.4, 0.5) is 0 Å². The molecule has 1 aliphatic carbocycles. The summed E-state index contributed by atoms with van der Waals surface area (Å²) < 4.78 is 7.90. The van der Waals surface area contributed by atoms with Gasteiger partial charge in [-0.05, 0) is 51.2 Å². The van der Waals surface area contributed by atoms with Crippen molar-refractivity contribution in [2.45, 2.75) is 31.3 Å². The molecule has 4 aromatic rings. The molecule has 5 rings (SSSR count). The molecule has 3 aromatic heterocycles. The van der Waals surface area contributed by atoms with Gasteiger partial charge in [0.15, 0.2) is 5.82 Å². The minimum absolute atomic E-state index is 0.132. The van der Waals surface area contributed by atoms with Crippen molar-refractivity contribution in [2.75, 3.05) is 14.1 Å². The van der Waals surface area contributed by atoms with Gasteiger partial charge in [-0.25, -0.2) is 0 Å². The Morgan fingerprint density at radius 3 is 2.65 bits per heavy atom. The van der Waals surface area contributed by atoms with Crippen molar-refractivity contribution < 1.29 is 4.52 Å². The molecule has 158 valence electrons. The van der Waals surface area contributed by atoms with Gasteiger partial charge in [0.1, 0.15) is 5.82 Å². The maximum Gasteiger partial charge on any atom is 0.244 e. The first kappa shape index (κ1) is 19.8. The number of rotatable bonds is 7. The molecule has 0 aliphatic heterocycles. The van der Waals surface area contributed by atoms with Gasteiger partial charge in [0.25, 0.3) is 0 Å². The lowest BCUT2D eigenvalue weighted by Crippen LogP contribution is -2.24. The van der Waals surface area contributed by atoms with Gasteiger partial charge >= 0.3 is 0 Å². The summed E-state index contributed by atoms with van der Waals surface area (Å²) in [6.45, 7) is 0. The van der Waals surface area contributed by atoms with Gasteiger partial charge in [-0.2, -0.15) is 4.98 Å². The van der Waals surface area contributed by atoms with Crippen LogP contribution < -0.4 is 0 Å². The molecule has 8 nitrogen and oxygen atoms in total. The van der Waals surface area contributed by atoms with Gasteiger partial charge in [0.2, 0.25) is 11.7 Å². The summed E-state index contributed by atoms with van der Waals surface area (Å²) in [5, 5.41) is 13.8. The number of nitrogens with zero attached hydrogens (tertiary/aromatic N) is 7. The van der Waals surface area contributed by atoms with Crippen molar-refractivity contribution in [2.24, 2.45) is 0 Å². The van der Waals surface area contributed by atoms with Crippen LogP contribution in [0.5, 0.6) is 0 Å². The second kappa shape index (κ2) is 8.20. The fourth-order valence-corrected chi connectivity index (χ4v) is 3.85. The van der Waals surface area contributed by atoms with Gasteiger partial charge in [-0.3, -0.25) is 9.88 Å². The van der Waals surface area contributed by atoms with E-state index in [9.17, 15) is 0 Å². The zero-order valence-electron chi connectivity index (χ0n) is 17.3. The maximum atomic E-state index is 6.11. The molecule has 1 unspecified atom stereocenters. The molecule has 1 aromatic carbocycles. The Morgan fingerprint density at radius 2 is 1.94 bits per heavy atom. The minimum Gasteiger partial charge on any atom is -0.337 e. The quantitative estimate of drug-likeness (QED) is 0.429. The van der Waals surface area contributed by atoms with E-state index in [-0.39, 0.29) is 6.04 Å². The Balaban J connectivity index is 1.46. The molecular formula is C22H22ClN7O. The fraction of sp³-hybridized carbons (Fsp3) is 0.318. The summed E-state index contributed by atoms with van der Waals surface area (Å²) >= 11 is 6.11. The van der Waals surface area contributed by atoms with Gasteiger partial charge in [0.05, 0.1) is 6.04 Å². The summed E-state index contributed by atoms with van der Waals surface area (Å²) in [6.07, 6.45) is 6.43. The highest BCUT2D eigenvalue weighted by Gasteiger charge is 2.32. The fourth-order valence-electron chi connectivity index (χ4n) is 3.66. The summed E-state index contributed by atoms with van der Waals surface area (Å²) in [4.78, 5) is 10.8. The van der Waals surface area contributed by atoms with Crippen LogP contribution in [0.15, 0.2) is 53.3 Å². The van der Waals surface area contributed by atoms with E-state index in [1.165, 1.54) is 0 Å². The first-order valence-corrected chi connectivity index (χ1v) is 10.6. The SMILES string of the molecule is CN(C)C(Cc1nnc(-c2ccncc2)n1C1CC1)c1nc(-c2cccc(Cl)c2)no1. The van der Waals surface area contributed by atoms with Crippen molar-refractivity contribution >= 4 is 11.6 Å². The summed E-state index contributed by atoms with van der Waals surface area (Å²) in [5.41, 5.74) is 1.84. The third-order valence-corrected chi connectivity index (χ3v) is 5.66. The Labute approximate surface area is 184 Å². The van der Waals surface area contributed by atoms with Crippen LogP contribution in [0, 0.1) is 0 Å². The standard InChI is InChI=1S/C22H22ClN7O/c1-29(2)18(22-25-20(28-31-22)15-4-3-5-16(23)12-15)13-19-26-27-21(30(19)17-6-7-17)14-8-10-24-11-9-14/h3-5,8-12,17-18H,6-7,13H2,1-2H3. The van der Waals surface area contributed by atoms with E-state index in [2.05, 4.69) is 34.8 Å². The highest BCUT2D eigenvalue weighted by molar-refractivity contribution is 6.30. The van der Waals surface area contributed by atoms with E-state index < -0.39 is 0 Å². The second-order valence-corrected chi connectivity index (χ2v) is 8.36. The topological polar surface area (TPSA) is 85.8 Å². The van der Waals surface area contributed by atoms with E-state index in [1.54, 1.807) is 12.4 Å². The number of likely N-dealkylation sites (N-methyl/N-ethyl adjacent to an activating group) is 1. The lowest BCUT2D eigenvalue weighted by molar-refractivity contribution is 0.224. The van der Waals surface area contributed by atoms with Crippen LogP contribution in [-0.4, -0.2) is 48.9 Å². The van der Waals surface area contributed by atoms with Crippen LogP contribution in [0.25, 0.3) is 22.8 Å². The maximum absolute atomic E-state index is 6.11. The van der Waals surface area contributed by atoms with Crippen molar-refractivity contribution in [3.8, 4) is 22.8 Å². The molecular weight excluding hydrogens is 414 g/mol. The number of pyridine rings is 1. The zero-order valence-corrected chi connectivity index (χ0v) is 18.1. The Kier molecular flexibility index (Phi) is 5.25. The molecule has 0 spiro atoms. The van der Waals surface area contributed by atoms with Crippen molar-refractivity contribution in [1.29, 1.82) is 0 Å². The molecule has 0 N–H and O–H groups in total. The lowest BCUT2D eigenvalue weighted by Gasteiger charge is -2.20. The normalized spacial score (nSPS) is 14.8. The molecule has 0 saturated heterocycles. The smallest absolute Gasteiger partial charge is 0.244 e. The van der Waals surface area contributed by atoms with E-state index in [4.69, 9.17) is 16.1 Å². The average Bonchev–Trinajstić information content (AvgIpc) is 3.33. The average molecular weight is 436 g/mol. The second-order valence-electron chi connectivity index (χ2n) is 7.93. The molecule has 1 saturated carbocycles. The van der Waals surface area contributed by atoms with Crippen LogP contribution in [0.1, 0.15) is 36.6 Å². The Bertz CT molecular complexity index is 1180. The molecule has 31 heavy (non-hydrogen) atoms. The Hall–Kier alpha value is -3.10. The van der Waals surface area contributed by atoms with Gasteiger partial charge in [-0.15, -0.1) is 10.2 Å². The molecule has 1 aliphatic rings. The van der Waals surface area contributed by atoms with E-state index >= 15 is 0 Å². The number of aromatic nitrogens is 6. The summed E-state index contributed by atoms with van der Waals surface area (Å²) in [5.74, 6) is 2.85. The van der Waals surface area contributed by atoms with Crippen LogP contribution >= 0.6 is 11.6 Å². The van der Waals surface area contributed by atoms with Gasteiger partial charge in [-0.1, -0.05) is 28.9 Å². The van der Waals surface area contributed by atoms with Crippen molar-refractivity contribution in [3.05, 3.63) is 65.5 Å². The largest absolute Gasteiger partial charge is 0.337 e. The number of halogens is 1. The molecule has 1 atom stereocenters. The molecule has 3 heterocycles. The molecule has 0 radical (unpaired) electrons. The molecule has 9 heteroatoms. The van der Waals surface area contributed by atoms with E-state index in [0.717, 1.165) is 35.6 Å². The summed E-state index contributed by atoms with van der Waals surface area (Å²) in [7, 11) is 3.99. The number of hydrogen-bond donors (Lipinski definition) is 0. The van der Waals surface area contributed by atoms with Crippen molar-refractivity contribution in [1.82, 2.24) is 34.8 Å². The minimum atomic E-state index is -0.132. The predicted octanol–water partition coefficient (Wildman–Crippen LogP) is 4.22. The first-order chi connectivity index (χ1) is 15.1. The zero-order chi connectivity index (χ0) is 21.4. The number of benzene rings is 1. The van der Waals surface area contributed by atoms with E-state index in [1.807, 2.05) is 50.5 Å². The molecule has 0 bridgehead atoms. The molecule has 1 fully saturated rings.